The van der Waals surface area contributed by atoms with Gasteiger partial charge in [0.1, 0.15) is 6.54 Å². The summed E-state index contributed by atoms with van der Waals surface area (Å²) in [5.74, 6) is -1.33. The number of carbonyl (C=O) groups is 3. The molecule has 6 nitrogen and oxygen atoms in total. The molecule has 0 aliphatic rings. The highest BCUT2D eigenvalue weighted by molar-refractivity contribution is 9.10. The molecule has 0 fully saturated rings. The van der Waals surface area contributed by atoms with Crippen molar-refractivity contribution in [1.82, 2.24) is 9.88 Å². The van der Waals surface area contributed by atoms with Crippen LogP contribution in [-0.4, -0.2) is 35.4 Å². The molecule has 0 aliphatic heterocycles. The number of nitrogens with one attached hydrogen (secondary N) is 1. The highest BCUT2D eigenvalue weighted by Gasteiger charge is 2.18. The summed E-state index contributed by atoms with van der Waals surface area (Å²) in [6.07, 6.45) is 0. The number of hydrogen-bond donors (Lipinski definition) is 1. The highest BCUT2D eigenvalue weighted by Crippen LogP contribution is 2.22. The van der Waals surface area contributed by atoms with Gasteiger partial charge in [-0.15, -0.1) is 0 Å². The lowest BCUT2D eigenvalue weighted by Crippen LogP contribution is -2.31. The maximum absolute atomic E-state index is 12.7. The van der Waals surface area contributed by atoms with E-state index in [1.165, 1.54) is 0 Å². The molecule has 0 unspecified atom stereocenters. The number of carbonyl (C=O) groups excluding carboxylic acids is 3. The van der Waals surface area contributed by atoms with Crippen LogP contribution in [-0.2, 0) is 9.53 Å². The summed E-state index contributed by atoms with van der Waals surface area (Å²) in [4.78, 5) is 36.9. The second kappa shape index (κ2) is 9.96. The van der Waals surface area contributed by atoms with E-state index in [0.717, 1.165) is 32.7 Å². The van der Waals surface area contributed by atoms with Gasteiger partial charge in [0.05, 0.1) is 0 Å². The van der Waals surface area contributed by atoms with E-state index in [9.17, 15) is 14.4 Å². The topological polar surface area (TPSA) is 77.4 Å². The van der Waals surface area contributed by atoms with E-state index in [-0.39, 0.29) is 24.8 Å². The van der Waals surface area contributed by atoms with Crippen molar-refractivity contribution in [1.29, 1.82) is 0 Å². The fraction of sp³-hybridized carbons (Fsp3) is 0.240. The molecule has 2 aromatic carbocycles. The summed E-state index contributed by atoms with van der Waals surface area (Å²) < 4.78 is 8.04. The van der Waals surface area contributed by atoms with E-state index in [4.69, 9.17) is 4.74 Å². The highest BCUT2D eigenvalue weighted by atomic mass is 79.9. The van der Waals surface area contributed by atoms with Crippen LogP contribution in [0.4, 0.5) is 0 Å². The van der Waals surface area contributed by atoms with Crippen LogP contribution >= 0.6 is 15.9 Å². The first-order chi connectivity index (χ1) is 15.2. The Morgan fingerprint density at radius 2 is 1.62 bits per heavy atom. The number of Topliss-reactive ketones (excluding diaryl/α,β-unsaturated/α-hetero) is 1. The molecule has 0 saturated carbocycles. The van der Waals surface area contributed by atoms with Crippen molar-refractivity contribution in [3.05, 3.63) is 86.6 Å². The molecule has 0 bridgehead atoms. The number of esters is 1. The number of nitrogens with zero attached hydrogens (tertiary/aromatic N) is 1. The van der Waals surface area contributed by atoms with E-state index in [1.807, 2.05) is 62.6 Å². The van der Waals surface area contributed by atoms with Crippen LogP contribution in [0.25, 0.3) is 5.69 Å². The van der Waals surface area contributed by atoms with Gasteiger partial charge in [-0.1, -0.05) is 22.0 Å². The fourth-order valence-electron chi connectivity index (χ4n) is 3.44. The number of rotatable bonds is 7. The fourth-order valence-corrected chi connectivity index (χ4v) is 3.71. The standard InChI is InChI=1S/C25H25BrN2O4/c1-15-5-6-19(11-16(15)2)25(31)27-13-24(30)32-14-23(29)22-12-17(3)28(18(22)4)21-9-7-20(26)8-10-21/h5-12H,13-14H2,1-4H3,(H,27,31). The van der Waals surface area contributed by atoms with Crippen molar-refractivity contribution in [2.24, 2.45) is 0 Å². The minimum atomic E-state index is -0.669. The molecule has 32 heavy (non-hydrogen) atoms. The van der Waals surface area contributed by atoms with E-state index in [0.29, 0.717) is 11.1 Å². The Morgan fingerprint density at radius 1 is 0.938 bits per heavy atom. The molecular formula is C25H25BrN2O4. The largest absolute Gasteiger partial charge is 0.456 e. The van der Waals surface area contributed by atoms with Gasteiger partial charge in [0.2, 0.25) is 5.78 Å². The maximum atomic E-state index is 12.7. The van der Waals surface area contributed by atoms with Crippen LogP contribution in [0.3, 0.4) is 0 Å². The second-order valence-electron chi connectivity index (χ2n) is 7.66. The molecule has 3 rings (SSSR count). The minimum absolute atomic E-state index is 0.296. The zero-order chi connectivity index (χ0) is 23.4. The third-order valence-electron chi connectivity index (χ3n) is 5.34. The first-order valence-electron chi connectivity index (χ1n) is 10.2. The first-order valence-corrected chi connectivity index (χ1v) is 11.0. The van der Waals surface area contributed by atoms with Crippen LogP contribution in [0, 0.1) is 27.7 Å². The quantitative estimate of drug-likeness (QED) is 0.382. The average Bonchev–Trinajstić information content (AvgIpc) is 3.07. The van der Waals surface area contributed by atoms with Gasteiger partial charge < -0.3 is 14.6 Å². The lowest BCUT2D eigenvalue weighted by molar-refractivity contribution is -0.141. The molecule has 1 aromatic heterocycles. The third kappa shape index (κ3) is 5.34. The molecule has 1 heterocycles. The average molecular weight is 497 g/mol. The molecule has 3 aromatic rings. The summed E-state index contributed by atoms with van der Waals surface area (Å²) in [7, 11) is 0. The van der Waals surface area contributed by atoms with Crippen molar-refractivity contribution < 1.29 is 19.1 Å². The number of aryl methyl sites for hydroxylation is 3. The lowest BCUT2D eigenvalue weighted by Gasteiger charge is -2.10. The Balaban J connectivity index is 1.58. The van der Waals surface area contributed by atoms with Crippen LogP contribution < -0.4 is 5.32 Å². The Labute approximate surface area is 195 Å². The van der Waals surface area contributed by atoms with Gasteiger partial charge in [-0.3, -0.25) is 14.4 Å². The number of halogens is 1. The SMILES string of the molecule is Cc1ccc(C(=O)NCC(=O)OCC(=O)c2cc(C)n(-c3ccc(Br)cc3)c2C)cc1C. The van der Waals surface area contributed by atoms with Crippen LogP contribution in [0.2, 0.25) is 0 Å². The van der Waals surface area contributed by atoms with E-state index in [2.05, 4.69) is 21.2 Å². The molecule has 0 radical (unpaired) electrons. The van der Waals surface area contributed by atoms with Crippen molar-refractivity contribution in [2.75, 3.05) is 13.2 Å². The van der Waals surface area contributed by atoms with Crippen molar-refractivity contribution in [2.45, 2.75) is 27.7 Å². The zero-order valence-corrected chi connectivity index (χ0v) is 20.1. The second-order valence-corrected chi connectivity index (χ2v) is 8.58. The summed E-state index contributed by atoms with van der Waals surface area (Å²) >= 11 is 3.42. The molecule has 0 aliphatic carbocycles. The number of ether oxygens (including phenoxy) is 1. The van der Waals surface area contributed by atoms with Crippen LogP contribution in [0.5, 0.6) is 0 Å². The van der Waals surface area contributed by atoms with Gasteiger partial charge in [0, 0.05) is 32.7 Å². The van der Waals surface area contributed by atoms with Gasteiger partial charge in [-0.2, -0.15) is 0 Å². The van der Waals surface area contributed by atoms with Crippen molar-refractivity contribution >= 4 is 33.6 Å². The Morgan fingerprint density at radius 3 is 2.28 bits per heavy atom. The minimum Gasteiger partial charge on any atom is -0.456 e. The number of ketones is 1. The van der Waals surface area contributed by atoms with Crippen molar-refractivity contribution in [3.8, 4) is 5.69 Å². The molecule has 7 heteroatoms. The molecular weight excluding hydrogens is 472 g/mol. The Hall–Kier alpha value is -3.19. The first kappa shape index (κ1) is 23.5. The predicted molar refractivity (Wildman–Crippen MR) is 126 cm³/mol. The number of benzene rings is 2. The van der Waals surface area contributed by atoms with Crippen LogP contribution in [0.1, 0.15) is 43.2 Å². The summed E-state index contributed by atoms with van der Waals surface area (Å²) in [5, 5.41) is 2.53. The zero-order valence-electron chi connectivity index (χ0n) is 18.5. The number of aromatic nitrogens is 1. The Kier molecular flexibility index (Phi) is 7.30. The van der Waals surface area contributed by atoms with Crippen LogP contribution in [0.15, 0.2) is 53.0 Å². The number of amides is 1. The molecule has 0 saturated heterocycles. The van der Waals surface area contributed by atoms with Gasteiger partial charge in [-0.25, -0.2) is 0 Å². The summed E-state index contributed by atoms with van der Waals surface area (Å²) in [6.45, 7) is 6.95. The molecule has 0 atom stereocenters. The van der Waals surface area contributed by atoms with Gasteiger partial charge in [0.15, 0.2) is 6.61 Å². The number of hydrogen-bond acceptors (Lipinski definition) is 4. The van der Waals surface area contributed by atoms with E-state index in [1.54, 1.807) is 18.2 Å². The van der Waals surface area contributed by atoms with Gasteiger partial charge >= 0.3 is 5.97 Å². The molecule has 1 N–H and O–H groups in total. The molecule has 166 valence electrons. The normalized spacial score (nSPS) is 10.7. The van der Waals surface area contributed by atoms with Gasteiger partial charge in [-0.05, 0) is 81.3 Å². The van der Waals surface area contributed by atoms with E-state index < -0.39 is 5.97 Å². The summed E-state index contributed by atoms with van der Waals surface area (Å²) in [5.41, 5.74) is 5.66. The maximum Gasteiger partial charge on any atom is 0.325 e. The predicted octanol–water partition coefficient (Wildman–Crippen LogP) is 4.63. The lowest BCUT2D eigenvalue weighted by atomic mass is 10.1. The smallest absolute Gasteiger partial charge is 0.325 e. The third-order valence-corrected chi connectivity index (χ3v) is 5.87. The Bertz CT molecular complexity index is 1180. The molecule has 1 amide bonds. The summed E-state index contributed by atoms with van der Waals surface area (Å²) in [6, 6.07) is 14.9. The molecule has 0 spiro atoms. The van der Waals surface area contributed by atoms with Crippen molar-refractivity contribution in [3.63, 3.8) is 0 Å². The van der Waals surface area contributed by atoms with Gasteiger partial charge in [0.25, 0.3) is 5.91 Å². The monoisotopic (exact) mass is 496 g/mol. The van der Waals surface area contributed by atoms with E-state index >= 15 is 0 Å².